The minimum atomic E-state index is -1.07. The van der Waals surface area contributed by atoms with Crippen LogP contribution in [0.25, 0.3) is 11.5 Å². The smallest absolute Gasteiger partial charge is 0.358 e. The Morgan fingerprint density at radius 2 is 1.95 bits per heavy atom. The number of hydrogen-bond acceptors (Lipinski definition) is 4. The Labute approximate surface area is 115 Å². The topological polar surface area (TPSA) is 63.3 Å². The molecule has 4 nitrogen and oxygen atoms in total. The molecule has 1 heterocycles. The number of carboxylic acid groups (broad SMARTS) is 1. The molecule has 0 saturated heterocycles. The Kier molecular flexibility index (Phi) is 3.95. The van der Waals surface area contributed by atoms with Crippen LogP contribution in [-0.4, -0.2) is 21.3 Å². The van der Waals surface area contributed by atoms with Gasteiger partial charge in [0.05, 0.1) is 0 Å². The van der Waals surface area contributed by atoms with Crippen LogP contribution in [0.2, 0.25) is 0 Å². The van der Waals surface area contributed by atoms with Crippen molar-refractivity contribution in [3.05, 3.63) is 35.7 Å². The highest BCUT2D eigenvalue weighted by atomic mass is 32.2. The highest BCUT2D eigenvalue weighted by Crippen LogP contribution is 2.27. The van der Waals surface area contributed by atoms with Gasteiger partial charge in [0.2, 0.25) is 5.89 Å². The third-order valence-corrected chi connectivity index (χ3v) is 3.49. The molecule has 0 bridgehead atoms. The lowest BCUT2D eigenvalue weighted by atomic mass is 10.2. The summed E-state index contributed by atoms with van der Waals surface area (Å²) in [5.74, 6) is -0.404. The van der Waals surface area contributed by atoms with Gasteiger partial charge in [0, 0.05) is 15.7 Å². The minimum Gasteiger partial charge on any atom is -0.476 e. The molecule has 0 amide bonds. The fourth-order valence-corrected chi connectivity index (χ4v) is 2.50. The number of thioether (sulfide) groups is 1. The SMILES string of the molecule is Cc1oc(-c2ccc(SC(C)C)cc2)nc1C(=O)O. The van der Waals surface area contributed by atoms with Crippen molar-refractivity contribution in [1.82, 2.24) is 4.98 Å². The first kappa shape index (κ1) is 13.7. The van der Waals surface area contributed by atoms with E-state index >= 15 is 0 Å². The number of carbonyl (C=O) groups is 1. The third-order valence-electron chi connectivity index (χ3n) is 2.47. The number of benzene rings is 1. The Hall–Kier alpha value is -1.75. The summed E-state index contributed by atoms with van der Waals surface area (Å²) in [7, 11) is 0. The van der Waals surface area contributed by atoms with E-state index in [1.165, 1.54) is 4.90 Å². The average Bonchev–Trinajstić information content (AvgIpc) is 2.71. The van der Waals surface area contributed by atoms with Gasteiger partial charge < -0.3 is 9.52 Å². The van der Waals surface area contributed by atoms with E-state index in [0.717, 1.165) is 5.56 Å². The highest BCUT2D eigenvalue weighted by molar-refractivity contribution is 7.99. The monoisotopic (exact) mass is 277 g/mol. The molecule has 2 rings (SSSR count). The largest absolute Gasteiger partial charge is 0.476 e. The number of carboxylic acids is 1. The van der Waals surface area contributed by atoms with Crippen LogP contribution in [0.15, 0.2) is 33.6 Å². The zero-order chi connectivity index (χ0) is 14.0. The maximum atomic E-state index is 10.9. The molecule has 0 atom stereocenters. The van der Waals surface area contributed by atoms with E-state index in [2.05, 4.69) is 18.8 Å². The van der Waals surface area contributed by atoms with Crippen LogP contribution in [-0.2, 0) is 0 Å². The summed E-state index contributed by atoms with van der Waals surface area (Å²) in [6, 6.07) is 7.75. The summed E-state index contributed by atoms with van der Waals surface area (Å²) in [4.78, 5) is 16.1. The van der Waals surface area contributed by atoms with Crippen LogP contribution in [0.3, 0.4) is 0 Å². The second kappa shape index (κ2) is 5.48. The summed E-state index contributed by atoms with van der Waals surface area (Å²) >= 11 is 1.77. The number of aromatic nitrogens is 1. The standard InChI is InChI=1S/C14H15NO3S/c1-8(2)19-11-6-4-10(5-7-11)13-15-12(14(16)17)9(3)18-13/h4-8H,1-3H3,(H,16,17). The van der Waals surface area contributed by atoms with E-state index < -0.39 is 5.97 Å². The van der Waals surface area contributed by atoms with Gasteiger partial charge in [-0.3, -0.25) is 0 Å². The fourth-order valence-electron chi connectivity index (χ4n) is 1.67. The first-order chi connectivity index (χ1) is 8.97. The van der Waals surface area contributed by atoms with Crippen molar-refractivity contribution in [2.75, 3.05) is 0 Å². The molecule has 0 aliphatic rings. The number of rotatable bonds is 4. The van der Waals surface area contributed by atoms with Gasteiger partial charge in [-0.1, -0.05) is 13.8 Å². The van der Waals surface area contributed by atoms with Crippen LogP contribution in [0.4, 0.5) is 0 Å². The first-order valence-corrected chi connectivity index (χ1v) is 6.83. The lowest BCUT2D eigenvalue weighted by Crippen LogP contribution is -1.98. The summed E-state index contributed by atoms with van der Waals surface area (Å²) < 4.78 is 5.38. The second-order valence-corrected chi connectivity index (χ2v) is 6.07. The molecule has 0 saturated carbocycles. The van der Waals surface area contributed by atoms with Gasteiger partial charge in [-0.05, 0) is 31.2 Å². The van der Waals surface area contributed by atoms with Gasteiger partial charge in [0.15, 0.2) is 5.69 Å². The molecule has 0 fully saturated rings. The number of hydrogen-bond donors (Lipinski definition) is 1. The molecule has 19 heavy (non-hydrogen) atoms. The highest BCUT2D eigenvalue weighted by Gasteiger charge is 2.16. The molecule has 5 heteroatoms. The van der Waals surface area contributed by atoms with Gasteiger partial charge in [-0.15, -0.1) is 11.8 Å². The van der Waals surface area contributed by atoms with Gasteiger partial charge in [-0.2, -0.15) is 0 Å². The van der Waals surface area contributed by atoms with Crippen molar-refractivity contribution in [3.63, 3.8) is 0 Å². The molecule has 1 aromatic carbocycles. The van der Waals surface area contributed by atoms with Crippen molar-refractivity contribution in [1.29, 1.82) is 0 Å². The number of aromatic carboxylic acids is 1. The van der Waals surface area contributed by atoms with Gasteiger partial charge in [0.25, 0.3) is 0 Å². The second-order valence-electron chi connectivity index (χ2n) is 4.42. The summed E-state index contributed by atoms with van der Waals surface area (Å²) in [5, 5.41) is 9.47. The molecule has 1 N–H and O–H groups in total. The lowest BCUT2D eigenvalue weighted by molar-refractivity contribution is 0.0689. The molecule has 0 aliphatic heterocycles. The minimum absolute atomic E-state index is 0.0318. The number of aryl methyl sites for hydroxylation is 1. The van der Waals surface area contributed by atoms with Crippen LogP contribution in [0.5, 0.6) is 0 Å². The molecular formula is C14H15NO3S. The Morgan fingerprint density at radius 3 is 2.42 bits per heavy atom. The molecule has 0 spiro atoms. The summed E-state index contributed by atoms with van der Waals surface area (Å²) in [6.45, 7) is 5.87. The molecule has 1 aromatic heterocycles. The molecule has 0 unspecified atom stereocenters. The average molecular weight is 277 g/mol. The van der Waals surface area contributed by atoms with Crippen molar-refractivity contribution < 1.29 is 14.3 Å². The maximum absolute atomic E-state index is 10.9. The van der Waals surface area contributed by atoms with Crippen molar-refractivity contribution in [3.8, 4) is 11.5 Å². The van der Waals surface area contributed by atoms with Crippen molar-refractivity contribution in [2.24, 2.45) is 0 Å². The number of oxazole rings is 1. The quantitative estimate of drug-likeness (QED) is 0.860. The third kappa shape index (κ3) is 3.17. The van der Waals surface area contributed by atoms with E-state index in [4.69, 9.17) is 9.52 Å². The molecule has 0 aliphatic carbocycles. The zero-order valence-corrected chi connectivity index (χ0v) is 11.8. The predicted molar refractivity (Wildman–Crippen MR) is 74.6 cm³/mol. The summed E-state index contributed by atoms with van der Waals surface area (Å²) in [6.07, 6.45) is 0. The molecular weight excluding hydrogens is 262 g/mol. The fraction of sp³-hybridized carbons (Fsp3) is 0.286. The molecule has 0 radical (unpaired) electrons. The number of nitrogens with zero attached hydrogens (tertiary/aromatic N) is 1. The lowest BCUT2D eigenvalue weighted by Gasteiger charge is -2.04. The zero-order valence-electron chi connectivity index (χ0n) is 11.0. The van der Waals surface area contributed by atoms with E-state index in [0.29, 0.717) is 16.9 Å². The Balaban J connectivity index is 2.27. The Bertz CT molecular complexity index is 587. The van der Waals surface area contributed by atoms with Crippen molar-refractivity contribution in [2.45, 2.75) is 30.9 Å². The van der Waals surface area contributed by atoms with Gasteiger partial charge in [-0.25, -0.2) is 9.78 Å². The molecule has 2 aromatic rings. The van der Waals surface area contributed by atoms with Crippen LogP contribution in [0.1, 0.15) is 30.1 Å². The predicted octanol–water partition coefficient (Wildman–Crippen LogP) is 3.85. The van der Waals surface area contributed by atoms with Gasteiger partial charge >= 0.3 is 5.97 Å². The Morgan fingerprint density at radius 1 is 1.32 bits per heavy atom. The maximum Gasteiger partial charge on any atom is 0.358 e. The molecule has 100 valence electrons. The van der Waals surface area contributed by atoms with Crippen molar-refractivity contribution >= 4 is 17.7 Å². The van der Waals surface area contributed by atoms with E-state index in [1.807, 2.05) is 24.3 Å². The van der Waals surface area contributed by atoms with E-state index in [-0.39, 0.29) is 5.69 Å². The first-order valence-electron chi connectivity index (χ1n) is 5.95. The van der Waals surface area contributed by atoms with E-state index in [9.17, 15) is 4.79 Å². The van der Waals surface area contributed by atoms with Gasteiger partial charge in [0.1, 0.15) is 5.76 Å². The van der Waals surface area contributed by atoms with Crippen LogP contribution in [0, 0.1) is 6.92 Å². The summed E-state index contributed by atoms with van der Waals surface area (Å²) in [5.41, 5.74) is 0.749. The van der Waals surface area contributed by atoms with E-state index in [1.54, 1.807) is 18.7 Å². The van der Waals surface area contributed by atoms with Crippen LogP contribution < -0.4 is 0 Å². The normalized spacial score (nSPS) is 10.9. The van der Waals surface area contributed by atoms with Crippen LogP contribution >= 0.6 is 11.8 Å².